The molecule has 2 aromatic rings. The van der Waals surface area contributed by atoms with Crippen LogP contribution in [0.2, 0.25) is 0 Å². The van der Waals surface area contributed by atoms with Crippen LogP contribution < -0.4 is 10.6 Å². The van der Waals surface area contributed by atoms with E-state index in [2.05, 4.69) is 10.6 Å². The van der Waals surface area contributed by atoms with E-state index in [9.17, 15) is 9.18 Å². The molecule has 0 bridgehead atoms. The molecule has 2 aromatic carbocycles. The van der Waals surface area contributed by atoms with E-state index >= 15 is 0 Å². The normalized spacial score (nSPS) is 11.8. The molecular weight excluding hydrogens is 267 g/mol. The number of nitrogens with one attached hydrogen (secondary N) is 2. The van der Waals surface area contributed by atoms with Gasteiger partial charge < -0.3 is 10.6 Å². The maximum absolute atomic E-state index is 13.7. The first-order chi connectivity index (χ1) is 10.1. The van der Waals surface area contributed by atoms with E-state index in [0.717, 1.165) is 12.0 Å². The number of carbonyl (C=O) groups is 1. The molecule has 21 heavy (non-hydrogen) atoms. The van der Waals surface area contributed by atoms with E-state index in [1.807, 2.05) is 37.3 Å². The van der Waals surface area contributed by atoms with Gasteiger partial charge in [-0.1, -0.05) is 36.4 Å². The lowest BCUT2D eigenvalue weighted by atomic mass is 10.1. The maximum atomic E-state index is 13.7. The highest BCUT2D eigenvalue weighted by molar-refractivity contribution is 5.99. The number of hydrogen-bond donors (Lipinski definition) is 2. The first-order valence-electron chi connectivity index (χ1n) is 6.93. The van der Waals surface area contributed by atoms with Crippen molar-refractivity contribution >= 4 is 11.6 Å². The van der Waals surface area contributed by atoms with Gasteiger partial charge in [0, 0.05) is 13.1 Å². The summed E-state index contributed by atoms with van der Waals surface area (Å²) in [6, 6.07) is 14.4. The minimum Gasteiger partial charge on any atom is -0.385 e. The Labute approximate surface area is 124 Å². The van der Waals surface area contributed by atoms with Crippen molar-refractivity contribution in [1.82, 2.24) is 5.32 Å². The summed E-state index contributed by atoms with van der Waals surface area (Å²) in [5.74, 6) is -0.705. The summed E-state index contributed by atoms with van der Waals surface area (Å²) in [6.07, 6.45) is 0.733. The van der Waals surface area contributed by atoms with Crippen molar-refractivity contribution in [2.75, 3.05) is 12.4 Å². The average Bonchev–Trinajstić information content (AvgIpc) is 2.47. The zero-order valence-electron chi connectivity index (χ0n) is 12.2. The fourth-order valence-electron chi connectivity index (χ4n) is 2.29. The summed E-state index contributed by atoms with van der Waals surface area (Å²) >= 11 is 0. The third-order valence-electron chi connectivity index (χ3n) is 3.27. The van der Waals surface area contributed by atoms with Gasteiger partial charge in [0.15, 0.2) is 0 Å². The molecule has 0 aliphatic heterocycles. The Bertz CT molecular complexity index is 613. The average molecular weight is 286 g/mol. The fourth-order valence-corrected chi connectivity index (χ4v) is 2.29. The molecule has 0 spiro atoms. The molecule has 0 heterocycles. The zero-order valence-corrected chi connectivity index (χ0v) is 12.2. The molecule has 0 fully saturated rings. The summed E-state index contributed by atoms with van der Waals surface area (Å²) in [6.45, 7) is 1.93. The first-order valence-corrected chi connectivity index (χ1v) is 6.93. The summed E-state index contributed by atoms with van der Waals surface area (Å²) in [4.78, 5) is 12.3. The SMILES string of the molecule is CNc1c(F)cccc1C(=O)NC(C)Cc1ccccc1. The van der Waals surface area contributed by atoms with E-state index in [-0.39, 0.29) is 17.6 Å². The lowest BCUT2D eigenvalue weighted by Crippen LogP contribution is -2.34. The van der Waals surface area contributed by atoms with Crippen molar-refractivity contribution < 1.29 is 9.18 Å². The van der Waals surface area contributed by atoms with Gasteiger partial charge in [0.25, 0.3) is 5.91 Å². The number of amides is 1. The Morgan fingerprint density at radius 2 is 1.86 bits per heavy atom. The fraction of sp³-hybridized carbons (Fsp3) is 0.235. The number of para-hydroxylation sites is 1. The minimum atomic E-state index is -0.430. The van der Waals surface area contributed by atoms with Crippen LogP contribution in [0.3, 0.4) is 0 Å². The van der Waals surface area contributed by atoms with Crippen LogP contribution in [-0.2, 0) is 6.42 Å². The Kier molecular flexibility index (Phi) is 4.93. The Morgan fingerprint density at radius 1 is 1.14 bits per heavy atom. The molecule has 0 radical (unpaired) electrons. The highest BCUT2D eigenvalue weighted by Gasteiger charge is 2.16. The smallest absolute Gasteiger partial charge is 0.253 e. The lowest BCUT2D eigenvalue weighted by molar-refractivity contribution is 0.0940. The molecule has 0 aromatic heterocycles. The summed E-state index contributed by atoms with van der Waals surface area (Å²) < 4.78 is 13.7. The Balaban J connectivity index is 2.06. The quantitative estimate of drug-likeness (QED) is 0.886. The topological polar surface area (TPSA) is 41.1 Å². The van der Waals surface area contributed by atoms with E-state index in [4.69, 9.17) is 0 Å². The highest BCUT2D eigenvalue weighted by atomic mass is 19.1. The predicted octanol–water partition coefficient (Wildman–Crippen LogP) is 3.23. The van der Waals surface area contributed by atoms with Crippen LogP contribution in [0.1, 0.15) is 22.8 Å². The van der Waals surface area contributed by atoms with Crippen LogP contribution in [0.5, 0.6) is 0 Å². The van der Waals surface area contributed by atoms with Crippen LogP contribution >= 0.6 is 0 Å². The lowest BCUT2D eigenvalue weighted by Gasteiger charge is -2.16. The maximum Gasteiger partial charge on any atom is 0.253 e. The van der Waals surface area contributed by atoms with Crippen LogP contribution in [0.15, 0.2) is 48.5 Å². The van der Waals surface area contributed by atoms with E-state index in [1.54, 1.807) is 13.1 Å². The van der Waals surface area contributed by atoms with Crippen molar-refractivity contribution in [2.24, 2.45) is 0 Å². The first kappa shape index (κ1) is 15.0. The van der Waals surface area contributed by atoms with Gasteiger partial charge >= 0.3 is 0 Å². The molecule has 0 saturated carbocycles. The Hall–Kier alpha value is -2.36. The molecule has 4 heteroatoms. The molecule has 2 rings (SSSR count). The molecule has 110 valence electrons. The van der Waals surface area contributed by atoms with Crippen molar-refractivity contribution in [3.05, 3.63) is 65.5 Å². The van der Waals surface area contributed by atoms with Crippen molar-refractivity contribution in [2.45, 2.75) is 19.4 Å². The predicted molar refractivity (Wildman–Crippen MR) is 83.0 cm³/mol. The molecule has 0 aliphatic rings. The van der Waals surface area contributed by atoms with E-state index in [0.29, 0.717) is 5.56 Å². The number of hydrogen-bond acceptors (Lipinski definition) is 2. The third kappa shape index (κ3) is 3.81. The number of halogens is 1. The second-order valence-corrected chi connectivity index (χ2v) is 4.98. The van der Waals surface area contributed by atoms with Crippen molar-refractivity contribution in [3.63, 3.8) is 0 Å². The van der Waals surface area contributed by atoms with E-state index in [1.165, 1.54) is 12.1 Å². The molecule has 0 aliphatic carbocycles. The molecular formula is C17H19FN2O. The molecule has 1 unspecified atom stereocenters. The van der Waals surface area contributed by atoms with Crippen LogP contribution in [0.25, 0.3) is 0 Å². The molecule has 3 nitrogen and oxygen atoms in total. The van der Waals surface area contributed by atoms with E-state index < -0.39 is 5.82 Å². The number of benzene rings is 2. The second kappa shape index (κ2) is 6.88. The monoisotopic (exact) mass is 286 g/mol. The third-order valence-corrected chi connectivity index (χ3v) is 3.27. The van der Waals surface area contributed by atoms with Gasteiger partial charge in [-0.25, -0.2) is 4.39 Å². The molecule has 2 N–H and O–H groups in total. The summed E-state index contributed by atoms with van der Waals surface area (Å²) in [5.41, 5.74) is 1.69. The zero-order chi connectivity index (χ0) is 15.2. The molecule has 1 amide bonds. The van der Waals surface area contributed by atoms with Crippen molar-refractivity contribution in [3.8, 4) is 0 Å². The van der Waals surface area contributed by atoms with Crippen molar-refractivity contribution in [1.29, 1.82) is 0 Å². The summed E-state index contributed by atoms with van der Waals surface area (Å²) in [5, 5.41) is 5.63. The molecule has 1 atom stereocenters. The van der Waals surface area contributed by atoms with Gasteiger partial charge in [0.05, 0.1) is 11.3 Å². The van der Waals surface area contributed by atoms with Gasteiger partial charge in [0.2, 0.25) is 0 Å². The second-order valence-electron chi connectivity index (χ2n) is 4.98. The van der Waals surface area contributed by atoms with Crippen LogP contribution in [0.4, 0.5) is 10.1 Å². The largest absolute Gasteiger partial charge is 0.385 e. The standard InChI is InChI=1S/C17H19FN2O/c1-12(11-13-7-4-3-5-8-13)20-17(21)14-9-6-10-15(18)16(14)19-2/h3-10,12,19H,11H2,1-2H3,(H,20,21). The van der Waals surface area contributed by atoms with Crippen LogP contribution in [-0.4, -0.2) is 19.0 Å². The van der Waals surface area contributed by atoms with Gasteiger partial charge in [0.1, 0.15) is 5.82 Å². The number of rotatable bonds is 5. The van der Waals surface area contributed by atoms with Gasteiger partial charge in [-0.15, -0.1) is 0 Å². The van der Waals surface area contributed by atoms with Crippen LogP contribution in [0, 0.1) is 5.82 Å². The Morgan fingerprint density at radius 3 is 2.52 bits per heavy atom. The van der Waals surface area contributed by atoms with Gasteiger partial charge in [-0.2, -0.15) is 0 Å². The minimum absolute atomic E-state index is 0.0344. The molecule has 0 saturated heterocycles. The highest BCUT2D eigenvalue weighted by Crippen LogP contribution is 2.19. The van der Waals surface area contributed by atoms with Gasteiger partial charge in [-0.3, -0.25) is 4.79 Å². The van der Waals surface area contributed by atoms with Gasteiger partial charge in [-0.05, 0) is 31.0 Å². The summed E-state index contributed by atoms with van der Waals surface area (Å²) in [7, 11) is 1.60. The number of anilines is 1. The number of carbonyl (C=O) groups excluding carboxylic acids is 1.